The van der Waals surface area contributed by atoms with Crippen LogP contribution in [0.15, 0.2) is 18.2 Å². The van der Waals surface area contributed by atoms with Gasteiger partial charge in [-0.3, -0.25) is 4.79 Å². The first-order chi connectivity index (χ1) is 7.06. The molecule has 4 nitrogen and oxygen atoms in total. The number of hydrogen-bond acceptors (Lipinski definition) is 3. The first-order valence-corrected chi connectivity index (χ1v) is 4.67. The van der Waals surface area contributed by atoms with Gasteiger partial charge < -0.3 is 15.6 Å². The van der Waals surface area contributed by atoms with Crippen molar-refractivity contribution in [2.75, 3.05) is 7.11 Å². The van der Waals surface area contributed by atoms with Crippen LogP contribution in [0.3, 0.4) is 0 Å². The Kier molecular flexibility index (Phi) is 3.68. The molecule has 0 saturated carbocycles. The molecule has 0 aromatic heterocycles. The van der Waals surface area contributed by atoms with Gasteiger partial charge in [-0.15, -0.1) is 0 Å². The zero-order valence-corrected chi connectivity index (χ0v) is 8.86. The van der Waals surface area contributed by atoms with Crippen molar-refractivity contribution >= 4 is 5.97 Å². The molecule has 0 amide bonds. The summed E-state index contributed by atoms with van der Waals surface area (Å²) in [5, 5.41) is 8.70. The van der Waals surface area contributed by atoms with Crippen LogP contribution in [0.5, 0.6) is 5.75 Å². The van der Waals surface area contributed by atoms with Crippen LogP contribution in [0, 0.1) is 6.92 Å². The number of benzene rings is 1. The van der Waals surface area contributed by atoms with Crippen molar-refractivity contribution in [3.63, 3.8) is 0 Å². The van der Waals surface area contributed by atoms with Crippen molar-refractivity contribution in [1.29, 1.82) is 0 Å². The Morgan fingerprint density at radius 1 is 1.60 bits per heavy atom. The summed E-state index contributed by atoms with van der Waals surface area (Å²) in [7, 11) is 1.59. The molecule has 0 heterocycles. The molecule has 0 saturated heterocycles. The number of methoxy groups -OCH3 is 1. The van der Waals surface area contributed by atoms with E-state index < -0.39 is 12.0 Å². The Morgan fingerprint density at radius 3 is 2.80 bits per heavy atom. The molecule has 0 aliphatic heterocycles. The third-order valence-electron chi connectivity index (χ3n) is 2.37. The van der Waals surface area contributed by atoms with Gasteiger partial charge in [-0.1, -0.05) is 12.1 Å². The minimum absolute atomic E-state index is 0.318. The average molecular weight is 209 g/mol. The second-order valence-corrected chi connectivity index (χ2v) is 3.39. The lowest BCUT2D eigenvalue weighted by atomic mass is 10.0. The maximum absolute atomic E-state index is 10.6. The van der Waals surface area contributed by atoms with Crippen molar-refractivity contribution in [1.82, 2.24) is 0 Å². The maximum atomic E-state index is 10.6. The van der Waals surface area contributed by atoms with E-state index in [4.69, 9.17) is 15.6 Å². The molecule has 1 atom stereocenters. The number of carbonyl (C=O) groups is 1. The Balaban J connectivity index is 2.90. The fourth-order valence-electron chi connectivity index (χ4n) is 1.43. The zero-order chi connectivity index (χ0) is 11.4. The number of hydrogen-bond donors (Lipinski definition) is 2. The van der Waals surface area contributed by atoms with E-state index in [0.29, 0.717) is 6.42 Å². The van der Waals surface area contributed by atoms with E-state index in [2.05, 4.69) is 0 Å². The summed E-state index contributed by atoms with van der Waals surface area (Å²) in [5.41, 5.74) is 7.32. The molecule has 0 spiro atoms. The molecule has 3 N–H and O–H groups in total. The maximum Gasteiger partial charge on any atom is 0.320 e. The van der Waals surface area contributed by atoms with Gasteiger partial charge in [0.25, 0.3) is 0 Å². The first-order valence-electron chi connectivity index (χ1n) is 4.67. The van der Waals surface area contributed by atoms with Crippen molar-refractivity contribution in [3.8, 4) is 5.75 Å². The lowest BCUT2D eigenvalue weighted by Gasteiger charge is -2.12. The van der Waals surface area contributed by atoms with Gasteiger partial charge in [0, 0.05) is 0 Å². The van der Waals surface area contributed by atoms with E-state index >= 15 is 0 Å². The van der Waals surface area contributed by atoms with Crippen LogP contribution in [0.25, 0.3) is 0 Å². The second kappa shape index (κ2) is 4.79. The number of nitrogens with two attached hydrogens (primary N) is 1. The lowest BCUT2D eigenvalue weighted by Crippen LogP contribution is -2.32. The molecule has 0 unspecified atom stereocenters. The van der Waals surface area contributed by atoms with Crippen LogP contribution in [-0.4, -0.2) is 24.2 Å². The van der Waals surface area contributed by atoms with E-state index in [1.807, 2.05) is 25.1 Å². The number of carboxylic acid groups (broad SMARTS) is 1. The van der Waals surface area contributed by atoms with Crippen molar-refractivity contribution in [2.24, 2.45) is 5.73 Å². The highest BCUT2D eigenvalue weighted by atomic mass is 16.5. The molecule has 1 aromatic rings. The van der Waals surface area contributed by atoms with Gasteiger partial charge >= 0.3 is 5.97 Å². The topological polar surface area (TPSA) is 72.5 Å². The normalized spacial score (nSPS) is 12.2. The highest BCUT2D eigenvalue weighted by Crippen LogP contribution is 2.21. The Hall–Kier alpha value is -1.55. The second-order valence-electron chi connectivity index (χ2n) is 3.39. The third-order valence-corrected chi connectivity index (χ3v) is 2.37. The van der Waals surface area contributed by atoms with Crippen molar-refractivity contribution in [3.05, 3.63) is 29.3 Å². The van der Waals surface area contributed by atoms with Gasteiger partial charge in [0.15, 0.2) is 0 Å². The Morgan fingerprint density at radius 2 is 2.27 bits per heavy atom. The van der Waals surface area contributed by atoms with E-state index in [-0.39, 0.29) is 0 Å². The van der Waals surface area contributed by atoms with E-state index in [1.54, 1.807) is 7.11 Å². The van der Waals surface area contributed by atoms with E-state index in [0.717, 1.165) is 16.9 Å². The minimum atomic E-state index is -0.989. The number of aliphatic carboxylic acids is 1. The van der Waals surface area contributed by atoms with Crippen LogP contribution in [0.2, 0.25) is 0 Å². The number of ether oxygens (including phenoxy) is 1. The molecule has 82 valence electrons. The Labute approximate surface area is 88.7 Å². The summed E-state index contributed by atoms with van der Waals surface area (Å²) in [6.07, 6.45) is 0.318. The minimum Gasteiger partial charge on any atom is -0.496 e. The highest BCUT2D eigenvalue weighted by molar-refractivity contribution is 5.73. The standard InChI is InChI=1S/C11H15NO3/c1-7-8(6-9(12)11(13)14)4-3-5-10(7)15-2/h3-5,9H,6,12H2,1-2H3,(H,13,14)/t9-/m0/s1. The smallest absolute Gasteiger partial charge is 0.320 e. The molecule has 1 aromatic carbocycles. The van der Waals surface area contributed by atoms with E-state index in [9.17, 15) is 4.79 Å². The number of carboxylic acids is 1. The molecule has 0 aliphatic carbocycles. The summed E-state index contributed by atoms with van der Waals surface area (Å²) in [5.74, 6) is -0.234. The summed E-state index contributed by atoms with van der Waals surface area (Å²) < 4.78 is 5.14. The number of rotatable bonds is 4. The zero-order valence-electron chi connectivity index (χ0n) is 8.86. The summed E-state index contributed by atoms with van der Waals surface area (Å²) >= 11 is 0. The Bertz CT molecular complexity index is 363. The molecular weight excluding hydrogens is 194 g/mol. The fraction of sp³-hybridized carbons (Fsp3) is 0.364. The molecule has 0 aliphatic rings. The van der Waals surface area contributed by atoms with Crippen LogP contribution >= 0.6 is 0 Å². The predicted molar refractivity (Wildman–Crippen MR) is 57.0 cm³/mol. The molecule has 0 bridgehead atoms. The van der Waals surface area contributed by atoms with Gasteiger partial charge in [-0.05, 0) is 30.5 Å². The molecule has 1 rings (SSSR count). The van der Waals surface area contributed by atoms with Crippen LogP contribution in [-0.2, 0) is 11.2 Å². The molecule has 15 heavy (non-hydrogen) atoms. The lowest BCUT2D eigenvalue weighted by molar-refractivity contribution is -0.138. The quantitative estimate of drug-likeness (QED) is 0.774. The van der Waals surface area contributed by atoms with E-state index in [1.165, 1.54) is 0 Å². The molecular formula is C11H15NO3. The molecule has 0 fully saturated rings. The average Bonchev–Trinajstić information content (AvgIpc) is 2.21. The largest absolute Gasteiger partial charge is 0.496 e. The van der Waals surface area contributed by atoms with Crippen LogP contribution in [0.1, 0.15) is 11.1 Å². The monoisotopic (exact) mass is 209 g/mol. The van der Waals surface area contributed by atoms with Gasteiger partial charge in [0.1, 0.15) is 11.8 Å². The van der Waals surface area contributed by atoms with Crippen LogP contribution in [0.4, 0.5) is 0 Å². The SMILES string of the molecule is COc1cccc(C[C@H](N)C(=O)O)c1C. The third kappa shape index (κ3) is 2.70. The molecule has 0 radical (unpaired) electrons. The van der Waals surface area contributed by atoms with Gasteiger partial charge in [-0.25, -0.2) is 0 Å². The van der Waals surface area contributed by atoms with Crippen LogP contribution < -0.4 is 10.5 Å². The predicted octanol–water partition coefficient (Wildman–Crippen LogP) is 0.958. The van der Waals surface area contributed by atoms with Crippen molar-refractivity contribution in [2.45, 2.75) is 19.4 Å². The highest BCUT2D eigenvalue weighted by Gasteiger charge is 2.14. The fourth-order valence-corrected chi connectivity index (χ4v) is 1.43. The van der Waals surface area contributed by atoms with Gasteiger partial charge in [0.05, 0.1) is 7.11 Å². The van der Waals surface area contributed by atoms with Gasteiger partial charge in [-0.2, -0.15) is 0 Å². The summed E-state index contributed by atoms with van der Waals surface area (Å²) in [6.45, 7) is 1.89. The summed E-state index contributed by atoms with van der Waals surface area (Å²) in [6, 6.07) is 4.66. The van der Waals surface area contributed by atoms with Gasteiger partial charge in [0.2, 0.25) is 0 Å². The summed E-state index contributed by atoms with van der Waals surface area (Å²) in [4.78, 5) is 10.6. The first kappa shape index (κ1) is 11.5. The molecule has 4 heteroatoms. The van der Waals surface area contributed by atoms with Crippen molar-refractivity contribution < 1.29 is 14.6 Å².